The number of methoxy groups -OCH3 is 2. The lowest BCUT2D eigenvalue weighted by Gasteiger charge is -2.60. The first-order valence-corrected chi connectivity index (χ1v) is 10.1. The number of hydrogen-bond donors (Lipinski definition) is 0. The monoisotopic (exact) mass is 376 g/mol. The van der Waals surface area contributed by atoms with Crippen LogP contribution >= 0.6 is 0 Å². The number of Topliss-reactive ketones (excluding diaryl/α,β-unsaturated/α-hetero) is 1. The number of ether oxygens (including phenoxy) is 2. The van der Waals surface area contributed by atoms with Gasteiger partial charge in [-0.15, -0.1) is 0 Å². The summed E-state index contributed by atoms with van der Waals surface area (Å²) in [6, 6.07) is 0. The highest BCUT2D eigenvalue weighted by molar-refractivity contribution is 5.87. The summed E-state index contributed by atoms with van der Waals surface area (Å²) in [6.45, 7) is 6.34. The molecule has 5 heteroatoms. The zero-order valence-electron chi connectivity index (χ0n) is 17.2. The normalized spacial score (nSPS) is 42.9. The molecule has 3 saturated carbocycles. The fraction of sp³-hybridized carbons (Fsp3) is 0.773. The Morgan fingerprint density at radius 1 is 1.15 bits per heavy atom. The van der Waals surface area contributed by atoms with Crippen molar-refractivity contribution in [2.24, 2.45) is 34.5 Å². The van der Waals surface area contributed by atoms with Crippen LogP contribution in [0.2, 0.25) is 0 Å². The van der Waals surface area contributed by atoms with Gasteiger partial charge < -0.3 is 9.47 Å². The van der Waals surface area contributed by atoms with Crippen LogP contribution in [0, 0.1) is 34.5 Å². The van der Waals surface area contributed by atoms with Crippen molar-refractivity contribution in [1.29, 1.82) is 0 Å². The first kappa shape index (κ1) is 20.1. The highest BCUT2D eigenvalue weighted by Gasteiger charge is 2.62. The standard InChI is InChI=1S/C22H32O5/c1-13-14(11-18(24)26-4)7-8-15-19(13)16(23)12-17-21(15,2)9-6-10-22(17,3)20(25)27-5/h11,13,15,17,19H,6-10,12H2,1-5H3/b14-11+/t13-,15-,17+,19-,21+,22-/m0/s1. The predicted octanol–water partition coefficient (Wildman–Crippen LogP) is 3.71. The van der Waals surface area contributed by atoms with Gasteiger partial charge in [0.1, 0.15) is 5.78 Å². The van der Waals surface area contributed by atoms with E-state index in [0.717, 1.165) is 37.7 Å². The number of fused-ring (bicyclic) bond motifs is 3. The van der Waals surface area contributed by atoms with E-state index in [9.17, 15) is 14.4 Å². The number of carbonyl (C=O) groups is 3. The van der Waals surface area contributed by atoms with Crippen LogP contribution in [-0.2, 0) is 23.9 Å². The van der Waals surface area contributed by atoms with Crippen LogP contribution in [0.3, 0.4) is 0 Å². The Labute approximate surface area is 161 Å². The SMILES string of the molecule is COC(=O)/C=C1\CC[C@H]2[C@@H](C(=O)C[C@@H]3[C@]2(C)CCC[C@]3(C)C(=O)OC)[C@H]1C. The molecule has 0 spiro atoms. The summed E-state index contributed by atoms with van der Waals surface area (Å²) >= 11 is 0. The van der Waals surface area contributed by atoms with Gasteiger partial charge in [-0.05, 0) is 55.8 Å². The highest BCUT2D eigenvalue weighted by atomic mass is 16.5. The Morgan fingerprint density at radius 2 is 1.85 bits per heavy atom. The third-order valence-corrected chi connectivity index (χ3v) is 8.06. The summed E-state index contributed by atoms with van der Waals surface area (Å²) < 4.78 is 9.93. The van der Waals surface area contributed by atoms with Gasteiger partial charge in [0, 0.05) is 18.4 Å². The summed E-state index contributed by atoms with van der Waals surface area (Å²) in [5.74, 6) is -0.0488. The van der Waals surface area contributed by atoms with Crippen molar-refractivity contribution < 1.29 is 23.9 Å². The van der Waals surface area contributed by atoms with E-state index in [-0.39, 0.29) is 46.8 Å². The van der Waals surface area contributed by atoms with Crippen LogP contribution < -0.4 is 0 Å². The van der Waals surface area contributed by atoms with Crippen LogP contribution in [0.4, 0.5) is 0 Å². The summed E-state index contributed by atoms with van der Waals surface area (Å²) in [5.41, 5.74) is 0.378. The minimum atomic E-state index is -0.590. The van der Waals surface area contributed by atoms with E-state index >= 15 is 0 Å². The van der Waals surface area contributed by atoms with E-state index in [1.165, 1.54) is 14.2 Å². The molecule has 3 fully saturated rings. The van der Waals surface area contributed by atoms with Gasteiger partial charge in [0.05, 0.1) is 19.6 Å². The number of hydrogen-bond acceptors (Lipinski definition) is 5. The second-order valence-electron chi connectivity index (χ2n) is 9.19. The van der Waals surface area contributed by atoms with Crippen LogP contribution in [0.5, 0.6) is 0 Å². The zero-order chi connectivity index (χ0) is 20.0. The fourth-order valence-corrected chi connectivity index (χ4v) is 6.60. The van der Waals surface area contributed by atoms with E-state index in [2.05, 4.69) is 13.8 Å². The van der Waals surface area contributed by atoms with Gasteiger partial charge in [0.25, 0.3) is 0 Å². The van der Waals surface area contributed by atoms with Crippen LogP contribution in [0.1, 0.15) is 59.3 Å². The lowest BCUT2D eigenvalue weighted by molar-refractivity contribution is -0.178. The van der Waals surface area contributed by atoms with E-state index < -0.39 is 5.41 Å². The van der Waals surface area contributed by atoms with Gasteiger partial charge in [-0.25, -0.2) is 4.79 Å². The molecule has 0 N–H and O–H groups in total. The van der Waals surface area contributed by atoms with E-state index in [1.807, 2.05) is 6.92 Å². The van der Waals surface area contributed by atoms with Gasteiger partial charge >= 0.3 is 11.9 Å². The second-order valence-corrected chi connectivity index (χ2v) is 9.19. The molecule has 0 aromatic heterocycles. The molecule has 3 aliphatic rings. The average molecular weight is 376 g/mol. The fourth-order valence-electron chi connectivity index (χ4n) is 6.60. The Morgan fingerprint density at radius 3 is 2.48 bits per heavy atom. The van der Waals surface area contributed by atoms with Crippen LogP contribution in [0.15, 0.2) is 11.6 Å². The minimum Gasteiger partial charge on any atom is -0.469 e. The maximum absolute atomic E-state index is 13.2. The van der Waals surface area contributed by atoms with Crippen molar-refractivity contribution in [3.05, 3.63) is 11.6 Å². The summed E-state index contributed by atoms with van der Waals surface area (Å²) in [7, 11) is 2.82. The minimum absolute atomic E-state index is 0.0262. The summed E-state index contributed by atoms with van der Waals surface area (Å²) in [4.78, 5) is 37.6. The lowest BCUT2D eigenvalue weighted by atomic mass is 9.43. The Kier molecular flexibility index (Phi) is 5.26. The summed E-state index contributed by atoms with van der Waals surface area (Å²) in [5, 5.41) is 0. The van der Waals surface area contributed by atoms with Crippen molar-refractivity contribution >= 4 is 17.7 Å². The topological polar surface area (TPSA) is 69.7 Å². The van der Waals surface area contributed by atoms with E-state index in [4.69, 9.17) is 9.47 Å². The molecule has 6 atom stereocenters. The number of ketones is 1. The molecule has 150 valence electrons. The molecule has 5 nitrogen and oxygen atoms in total. The Bertz CT molecular complexity index is 680. The van der Waals surface area contributed by atoms with Crippen LogP contribution in [-0.4, -0.2) is 31.9 Å². The molecule has 0 aromatic rings. The molecular weight excluding hydrogens is 344 g/mol. The van der Waals surface area contributed by atoms with Crippen molar-refractivity contribution in [3.63, 3.8) is 0 Å². The molecule has 0 aliphatic heterocycles. The molecule has 0 bridgehead atoms. The molecule has 27 heavy (non-hydrogen) atoms. The van der Waals surface area contributed by atoms with Gasteiger partial charge in [-0.3, -0.25) is 9.59 Å². The van der Waals surface area contributed by atoms with Crippen LogP contribution in [0.25, 0.3) is 0 Å². The average Bonchev–Trinajstić information content (AvgIpc) is 2.64. The van der Waals surface area contributed by atoms with Gasteiger partial charge in [-0.2, -0.15) is 0 Å². The van der Waals surface area contributed by atoms with Crippen molar-refractivity contribution in [1.82, 2.24) is 0 Å². The second kappa shape index (κ2) is 7.06. The van der Waals surface area contributed by atoms with Crippen molar-refractivity contribution in [3.8, 4) is 0 Å². The quantitative estimate of drug-likeness (QED) is 0.543. The van der Waals surface area contributed by atoms with Gasteiger partial charge in [0.2, 0.25) is 0 Å². The smallest absolute Gasteiger partial charge is 0.330 e. The molecule has 3 rings (SSSR count). The van der Waals surface area contributed by atoms with Gasteiger partial charge in [-0.1, -0.05) is 25.8 Å². The molecule has 0 heterocycles. The first-order chi connectivity index (χ1) is 12.7. The molecular formula is C22H32O5. The number of esters is 2. The maximum Gasteiger partial charge on any atom is 0.330 e. The molecule has 3 aliphatic carbocycles. The molecule has 0 unspecified atom stereocenters. The van der Waals surface area contributed by atoms with Gasteiger partial charge in [0.15, 0.2) is 0 Å². The maximum atomic E-state index is 13.2. The third-order valence-electron chi connectivity index (χ3n) is 8.06. The highest BCUT2D eigenvalue weighted by Crippen LogP contribution is 2.64. The number of rotatable bonds is 2. The zero-order valence-corrected chi connectivity index (χ0v) is 17.2. The summed E-state index contributed by atoms with van der Waals surface area (Å²) in [6.07, 6.45) is 6.50. The first-order valence-electron chi connectivity index (χ1n) is 10.1. The van der Waals surface area contributed by atoms with E-state index in [1.54, 1.807) is 6.08 Å². The molecule has 0 radical (unpaired) electrons. The molecule has 0 amide bonds. The molecule has 0 aromatic carbocycles. The van der Waals surface area contributed by atoms with Crippen molar-refractivity contribution in [2.75, 3.05) is 14.2 Å². The largest absolute Gasteiger partial charge is 0.469 e. The third kappa shape index (κ3) is 3.03. The lowest BCUT2D eigenvalue weighted by Crippen LogP contribution is -2.59. The Balaban J connectivity index is 1.96. The predicted molar refractivity (Wildman–Crippen MR) is 101 cm³/mol. The van der Waals surface area contributed by atoms with Crippen molar-refractivity contribution in [2.45, 2.75) is 59.3 Å². The number of allylic oxidation sites excluding steroid dienone is 1. The number of carbonyl (C=O) groups excluding carboxylic acids is 3. The van der Waals surface area contributed by atoms with E-state index in [0.29, 0.717) is 6.42 Å². The Hall–Kier alpha value is -1.65. The molecule has 0 saturated heterocycles.